The zero-order valence-corrected chi connectivity index (χ0v) is 17.6. The average Bonchev–Trinajstić information content (AvgIpc) is 2.78. The highest BCUT2D eigenvalue weighted by molar-refractivity contribution is 5.96. The molecule has 4 rings (SSSR count). The minimum Gasteiger partial charge on any atom is -0.379 e. The van der Waals surface area contributed by atoms with Crippen LogP contribution in [-0.2, 0) is 11.3 Å². The van der Waals surface area contributed by atoms with Gasteiger partial charge in [0.1, 0.15) is 16.8 Å². The van der Waals surface area contributed by atoms with Crippen LogP contribution in [0.5, 0.6) is 0 Å². The summed E-state index contributed by atoms with van der Waals surface area (Å²) < 4.78 is 8.56. The Morgan fingerprint density at radius 3 is 2.84 bits per heavy atom. The van der Waals surface area contributed by atoms with E-state index in [-0.39, 0.29) is 23.2 Å². The van der Waals surface area contributed by atoms with E-state index in [1.807, 2.05) is 13.0 Å². The molecule has 31 heavy (non-hydrogen) atoms. The fraction of sp³-hybridized carbons (Fsp3) is 0.364. The fourth-order valence-corrected chi connectivity index (χ4v) is 3.81. The van der Waals surface area contributed by atoms with E-state index in [2.05, 4.69) is 16.8 Å². The summed E-state index contributed by atoms with van der Waals surface area (Å²) in [4.78, 5) is 33.0. The molecule has 1 saturated heterocycles. The molecule has 1 fully saturated rings. The highest BCUT2D eigenvalue weighted by Gasteiger charge is 2.19. The lowest BCUT2D eigenvalue weighted by Gasteiger charge is -2.27. The van der Waals surface area contributed by atoms with E-state index in [0.717, 1.165) is 18.7 Å². The molecule has 3 aromatic rings. The van der Waals surface area contributed by atoms with Crippen LogP contribution in [0.25, 0.3) is 16.7 Å². The summed E-state index contributed by atoms with van der Waals surface area (Å²) in [6.07, 6.45) is 3.24. The van der Waals surface area contributed by atoms with Crippen molar-refractivity contribution in [3.05, 3.63) is 64.0 Å². The van der Waals surface area contributed by atoms with Crippen molar-refractivity contribution < 1.29 is 9.53 Å². The lowest BCUT2D eigenvalue weighted by molar-refractivity contribution is 0.0363. The van der Waals surface area contributed by atoms with Gasteiger partial charge in [-0.25, -0.2) is 4.98 Å². The van der Waals surface area contributed by atoms with Gasteiger partial charge in [0.15, 0.2) is 0 Å². The average molecular weight is 422 g/mol. The first-order valence-corrected chi connectivity index (χ1v) is 10.3. The highest BCUT2D eigenvalue weighted by atomic mass is 16.5. The van der Waals surface area contributed by atoms with Crippen molar-refractivity contribution in [1.29, 1.82) is 5.41 Å². The number of aryl methyl sites for hydroxylation is 1. The molecule has 0 spiro atoms. The van der Waals surface area contributed by atoms with Crippen LogP contribution >= 0.6 is 0 Å². The number of nitrogens with one attached hydrogen (secondary N) is 2. The van der Waals surface area contributed by atoms with Crippen molar-refractivity contribution in [2.45, 2.75) is 13.5 Å². The number of morpholine rings is 1. The Kier molecular flexibility index (Phi) is 5.97. The van der Waals surface area contributed by atoms with E-state index >= 15 is 0 Å². The Morgan fingerprint density at radius 1 is 1.32 bits per heavy atom. The maximum absolute atomic E-state index is 13.3. The molecule has 1 amide bonds. The predicted octanol–water partition coefficient (Wildman–Crippen LogP) is 0.685. The minimum atomic E-state index is -0.416. The fourth-order valence-electron chi connectivity index (χ4n) is 3.81. The van der Waals surface area contributed by atoms with Gasteiger partial charge in [-0.2, -0.15) is 0 Å². The third-order valence-corrected chi connectivity index (χ3v) is 5.53. The lowest BCUT2D eigenvalue weighted by Crippen LogP contribution is -2.41. The van der Waals surface area contributed by atoms with Gasteiger partial charge in [0, 0.05) is 38.9 Å². The van der Waals surface area contributed by atoms with Gasteiger partial charge in [0.25, 0.3) is 11.5 Å². The van der Waals surface area contributed by atoms with Gasteiger partial charge in [0.2, 0.25) is 0 Å². The Bertz CT molecular complexity index is 1270. The normalized spacial score (nSPS) is 14.7. The number of aromatic nitrogens is 3. The first-order chi connectivity index (χ1) is 15.0. The molecule has 0 atom stereocenters. The summed E-state index contributed by atoms with van der Waals surface area (Å²) in [6, 6.07) is 5.16. The Labute approximate surface area is 179 Å². The quantitative estimate of drug-likeness (QED) is 0.449. The van der Waals surface area contributed by atoms with Gasteiger partial charge in [-0.15, -0.1) is 6.58 Å². The minimum absolute atomic E-state index is 0.0344. The van der Waals surface area contributed by atoms with Crippen molar-refractivity contribution in [2.24, 2.45) is 0 Å². The molecule has 9 heteroatoms. The molecule has 1 aliphatic heterocycles. The number of carbonyl (C=O) groups is 1. The van der Waals surface area contributed by atoms with Gasteiger partial charge in [-0.3, -0.25) is 24.3 Å². The standard InChI is InChI=1S/C22H26N6O3/c1-3-6-24-21(29)16-14-17-20(25-19-15(2)5-4-7-28(19)22(17)30)27(18(16)23)9-8-26-10-12-31-13-11-26/h3-5,7,14,23H,1,6,8-13H2,2H3,(H,24,29). The van der Waals surface area contributed by atoms with Crippen molar-refractivity contribution in [1.82, 2.24) is 24.2 Å². The maximum atomic E-state index is 13.3. The second-order valence-corrected chi connectivity index (χ2v) is 7.55. The molecule has 0 aliphatic carbocycles. The monoisotopic (exact) mass is 422 g/mol. The number of fused-ring (bicyclic) bond motifs is 2. The number of ether oxygens (including phenoxy) is 1. The molecule has 0 bridgehead atoms. The Morgan fingerprint density at radius 2 is 2.10 bits per heavy atom. The lowest BCUT2D eigenvalue weighted by atomic mass is 10.2. The van der Waals surface area contributed by atoms with Gasteiger partial charge < -0.3 is 14.6 Å². The van der Waals surface area contributed by atoms with Crippen LogP contribution in [0.4, 0.5) is 0 Å². The molecule has 0 radical (unpaired) electrons. The van der Waals surface area contributed by atoms with E-state index in [9.17, 15) is 9.59 Å². The van der Waals surface area contributed by atoms with Gasteiger partial charge in [0.05, 0.1) is 24.2 Å². The third-order valence-electron chi connectivity index (χ3n) is 5.53. The summed E-state index contributed by atoms with van der Waals surface area (Å²) >= 11 is 0. The number of hydrogen-bond acceptors (Lipinski definition) is 6. The van der Waals surface area contributed by atoms with Crippen LogP contribution in [0.15, 0.2) is 41.8 Å². The molecule has 9 nitrogen and oxygen atoms in total. The Hall–Kier alpha value is -3.30. The molecule has 1 aliphatic rings. The second kappa shape index (κ2) is 8.83. The van der Waals surface area contributed by atoms with Crippen molar-refractivity contribution in [3.8, 4) is 0 Å². The van der Waals surface area contributed by atoms with E-state index in [1.165, 1.54) is 10.5 Å². The van der Waals surface area contributed by atoms with Crippen LogP contribution < -0.4 is 16.4 Å². The van der Waals surface area contributed by atoms with Gasteiger partial charge in [-0.1, -0.05) is 12.1 Å². The molecule has 0 unspecified atom stereocenters. The highest BCUT2D eigenvalue weighted by Crippen LogP contribution is 2.13. The number of hydrogen-bond donors (Lipinski definition) is 2. The first kappa shape index (κ1) is 21.0. The molecule has 3 aromatic heterocycles. The molecule has 4 heterocycles. The van der Waals surface area contributed by atoms with Crippen LogP contribution in [0.3, 0.4) is 0 Å². The summed E-state index contributed by atoms with van der Waals surface area (Å²) in [5.41, 5.74) is 1.73. The smallest absolute Gasteiger partial charge is 0.267 e. The predicted molar refractivity (Wildman–Crippen MR) is 117 cm³/mol. The van der Waals surface area contributed by atoms with E-state index in [1.54, 1.807) is 22.9 Å². The number of carbonyl (C=O) groups excluding carboxylic acids is 1. The number of amides is 1. The number of rotatable bonds is 6. The molecular weight excluding hydrogens is 396 g/mol. The zero-order valence-electron chi connectivity index (χ0n) is 17.6. The number of pyridine rings is 2. The molecule has 0 aromatic carbocycles. The van der Waals surface area contributed by atoms with Crippen molar-refractivity contribution in [2.75, 3.05) is 39.4 Å². The third kappa shape index (κ3) is 4.01. The molecule has 2 N–H and O–H groups in total. The second-order valence-electron chi connectivity index (χ2n) is 7.55. The first-order valence-electron chi connectivity index (χ1n) is 10.3. The largest absolute Gasteiger partial charge is 0.379 e. The Balaban J connectivity index is 1.90. The van der Waals surface area contributed by atoms with Crippen molar-refractivity contribution >= 4 is 22.6 Å². The van der Waals surface area contributed by atoms with Crippen LogP contribution in [-0.4, -0.2) is 64.2 Å². The summed E-state index contributed by atoms with van der Waals surface area (Å²) in [5, 5.41) is 11.7. The van der Waals surface area contributed by atoms with Crippen molar-refractivity contribution in [3.63, 3.8) is 0 Å². The van der Waals surface area contributed by atoms with E-state index in [4.69, 9.17) is 15.1 Å². The van der Waals surface area contributed by atoms with Crippen LogP contribution in [0.1, 0.15) is 15.9 Å². The van der Waals surface area contributed by atoms with E-state index < -0.39 is 5.91 Å². The summed E-state index contributed by atoms with van der Waals surface area (Å²) in [5.74, 6) is -0.416. The van der Waals surface area contributed by atoms with E-state index in [0.29, 0.717) is 43.0 Å². The molecule has 0 saturated carbocycles. The zero-order chi connectivity index (χ0) is 22.0. The molecule has 162 valence electrons. The van der Waals surface area contributed by atoms with Crippen LogP contribution in [0, 0.1) is 12.3 Å². The van der Waals surface area contributed by atoms with Crippen LogP contribution in [0.2, 0.25) is 0 Å². The summed E-state index contributed by atoms with van der Waals surface area (Å²) in [6.45, 7) is 9.85. The number of nitrogens with zero attached hydrogens (tertiary/aromatic N) is 4. The topological polar surface area (TPSA) is 105 Å². The molecular formula is C22H26N6O3. The van der Waals surface area contributed by atoms with Gasteiger partial charge in [-0.05, 0) is 24.6 Å². The summed E-state index contributed by atoms with van der Waals surface area (Å²) in [7, 11) is 0. The SMILES string of the molecule is C=CCNC(=O)c1cc2c(=O)n3cccc(C)c3nc2n(CCN2CCOCC2)c1=N. The van der Waals surface area contributed by atoms with Gasteiger partial charge >= 0.3 is 0 Å². The maximum Gasteiger partial charge on any atom is 0.267 e.